The number of rotatable bonds is 3. The van der Waals surface area contributed by atoms with E-state index in [1.165, 1.54) is 6.20 Å². The Labute approximate surface area is 93.1 Å². The molecular formula is C10H15N3O3. The summed E-state index contributed by atoms with van der Waals surface area (Å²) in [5, 5.41) is 6.32. The van der Waals surface area contributed by atoms with Gasteiger partial charge >= 0.3 is 0 Å². The van der Waals surface area contributed by atoms with Crippen LogP contribution in [0.15, 0.2) is 16.8 Å². The third-order valence-electron chi connectivity index (χ3n) is 2.95. The van der Waals surface area contributed by atoms with Crippen molar-refractivity contribution in [3.63, 3.8) is 0 Å². The Kier molecular flexibility index (Phi) is 2.93. The second-order valence-corrected chi connectivity index (χ2v) is 4.20. The van der Waals surface area contributed by atoms with Crippen LogP contribution in [0.2, 0.25) is 0 Å². The fourth-order valence-electron chi connectivity index (χ4n) is 1.63. The first-order valence-corrected chi connectivity index (χ1v) is 5.14. The normalized spacial score (nSPS) is 29.2. The zero-order valence-corrected chi connectivity index (χ0v) is 9.10. The van der Waals surface area contributed by atoms with Crippen molar-refractivity contribution >= 4 is 5.91 Å². The van der Waals surface area contributed by atoms with E-state index >= 15 is 0 Å². The third kappa shape index (κ3) is 1.94. The van der Waals surface area contributed by atoms with Crippen LogP contribution in [0.4, 0.5) is 0 Å². The summed E-state index contributed by atoms with van der Waals surface area (Å²) in [4.78, 5) is 11.9. The summed E-state index contributed by atoms with van der Waals surface area (Å²) < 4.78 is 10.1. The molecule has 0 spiro atoms. The monoisotopic (exact) mass is 225 g/mol. The molecule has 2 unspecified atom stereocenters. The van der Waals surface area contributed by atoms with E-state index < -0.39 is 5.41 Å². The van der Waals surface area contributed by atoms with Gasteiger partial charge in [0.2, 0.25) is 5.91 Å². The lowest BCUT2D eigenvalue weighted by molar-refractivity contribution is -0.130. The van der Waals surface area contributed by atoms with Crippen molar-refractivity contribution in [2.75, 3.05) is 13.2 Å². The highest BCUT2D eigenvalue weighted by Gasteiger charge is 2.44. The van der Waals surface area contributed by atoms with Gasteiger partial charge in [0.15, 0.2) is 5.76 Å². The molecule has 1 aliphatic rings. The molecule has 3 N–H and O–H groups in total. The minimum Gasteiger partial charge on any atom is -0.379 e. The molecule has 1 saturated heterocycles. The van der Waals surface area contributed by atoms with Crippen molar-refractivity contribution in [3.05, 3.63) is 18.0 Å². The van der Waals surface area contributed by atoms with Crippen LogP contribution in [-0.4, -0.2) is 30.3 Å². The number of aromatic nitrogens is 1. The molecule has 1 fully saturated rings. The first-order chi connectivity index (χ1) is 7.63. The predicted octanol–water partition coefficient (Wildman–Crippen LogP) is -0.345. The van der Waals surface area contributed by atoms with Crippen LogP contribution in [-0.2, 0) is 16.1 Å². The Balaban J connectivity index is 1.93. The molecule has 16 heavy (non-hydrogen) atoms. The fourth-order valence-corrected chi connectivity index (χ4v) is 1.63. The average Bonchev–Trinajstić information content (AvgIpc) is 2.87. The minimum atomic E-state index is -0.653. The van der Waals surface area contributed by atoms with E-state index in [4.69, 9.17) is 15.0 Å². The molecule has 1 amide bonds. The lowest BCUT2D eigenvalue weighted by atomic mass is 9.85. The first-order valence-electron chi connectivity index (χ1n) is 5.14. The number of carbonyl (C=O) groups is 1. The number of ether oxygens (including phenoxy) is 1. The highest BCUT2D eigenvalue weighted by atomic mass is 16.5. The van der Waals surface area contributed by atoms with Crippen molar-refractivity contribution < 1.29 is 14.1 Å². The highest BCUT2D eigenvalue weighted by Crippen LogP contribution is 2.27. The predicted molar refractivity (Wildman–Crippen MR) is 55.3 cm³/mol. The van der Waals surface area contributed by atoms with Gasteiger partial charge in [-0.25, -0.2) is 0 Å². The quantitative estimate of drug-likeness (QED) is 0.734. The molecule has 6 nitrogen and oxygen atoms in total. The molecule has 1 aliphatic heterocycles. The summed E-state index contributed by atoms with van der Waals surface area (Å²) in [6.07, 6.45) is 1.54. The number of nitrogens with zero attached hydrogens (tertiary/aromatic N) is 1. The largest absolute Gasteiger partial charge is 0.379 e. The van der Waals surface area contributed by atoms with Gasteiger partial charge in [0, 0.05) is 12.1 Å². The van der Waals surface area contributed by atoms with Crippen molar-refractivity contribution in [2.24, 2.45) is 11.1 Å². The zero-order valence-electron chi connectivity index (χ0n) is 9.10. The van der Waals surface area contributed by atoms with Crippen LogP contribution in [0.1, 0.15) is 12.7 Å². The standard InChI is InChI=1S/C10H15N3O3/c1-10(6-15-5-8(10)11)9(14)12-4-7-2-3-13-16-7/h2-3,8H,4-6,11H2,1H3,(H,12,14). The number of hydrogen-bond acceptors (Lipinski definition) is 5. The summed E-state index contributed by atoms with van der Waals surface area (Å²) in [5.74, 6) is 0.498. The number of carbonyl (C=O) groups excluding carboxylic acids is 1. The lowest BCUT2D eigenvalue weighted by Crippen LogP contribution is -2.49. The fraction of sp³-hybridized carbons (Fsp3) is 0.600. The molecule has 6 heteroatoms. The number of hydrogen-bond donors (Lipinski definition) is 2. The van der Waals surface area contributed by atoms with E-state index in [-0.39, 0.29) is 11.9 Å². The van der Waals surface area contributed by atoms with Crippen LogP contribution in [0.3, 0.4) is 0 Å². The van der Waals surface area contributed by atoms with Crippen LogP contribution in [0.5, 0.6) is 0 Å². The molecule has 88 valence electrons. The Morgan fingerprint density at radius 2 is 2.62 bits per heavy atom. The second kappa shape index (κ2) is 4.23. The van der Waals surface area contributed by atoms with Gasteiger partial charge in [-0.15, -0.1) is 0 Å². The van der Waals surface area contributed by atoms with E-state index in [0.29, 0.717) is 25.5 Å². The number of nitrogens with two attached hydrogens (primary N) is 1. The summed E-state index contributed by atoms with van der Waals surface area (Å²) in [5.41, 5.74) is 5.19. The first kappa shape index (κ1) is 11.1. The van der Waals surface area contributed by atoms with Crippen molar-refractivity contribution in [2.45, 2.75) is 19.5 Å². The van der Waals surface area contributed by atoms with E-state index in [1.807, 2.05) is 0 Å². The Morgan fingerprint density at radius 3 is 3.19 bits per heavy atom. The molecule has 0 aliphatic carbocycles. The van der Waals surface area contributed by atoms with Gasteiger partial charge < -0.3 is 20.3 Å². The SMILES string of the molecule is CC1(C(=O)NCc2ccno2)COCC1N. The molecule has 2 rings (SSSR count). The van der Waals surface area contributed by atoms with E-state index in [2.05, 4.69) is 10.5 Å². The minimum absolute atomic E-state index is 0.117. The van der Waals surface area contributed by atoms with Crippen molar-refractivity contribution in [1.29, 1.82) is 0 Å². The maximum atomic E-state index is 11.9. The molecule has 2 heterocycles. The Morgan fingerprint density at radius 1 is 1.81 bits per heavy atom. The van der Waals surface area contributed by atoms with E-state index in [0.717, 1.165) is 0 Å². The molecular weight excluding hydrogens is 210 g/mol. The van der Waals surface area contributed by atoms with Crippen molar-refractivity contribution in [3.8, 4) is 0 Å². The van der Waals surface area contributed by atoms with Gasteiger partial charge in [-0.2, -0.15) is 0 Å². The second-order valence-electron chi connectivity index (χ2n) is 4.20. The van der Waals surface area contributed by atoms with Gasteiger partial charge in [-0.3, -0.25) is 4.79 Å². The smallest absolute Gasteiger partial charge is 0.230 e. The molecule has 2 atom stereocenters. The average molecular weight is 225 g/mol. The van der Waals surface area contributed by atoms with Crippen LogP contribution in [0.25, 0.3) is 0 Å². The summed E-state index contributed by atoms with van der Waals surface area (Å²) >= 11 is 0. The molecule has 0 aromatic carbocycles. The van der Waals surface area contributed by atoms with Crippen LogP contribution >= 0.6 is 0 Å². The molecule has 0 bridgehead atoms. The molecule has 1 aromatic heterocycles. The van der Waals surface area contributed by atoms with Gasteiger partial charge in [-0.1, -0.05) is 5.16 Å². The van der Waals surface area contributed by atoms with Crippen LogP contribution < -0.4 is 11.1 Å². The van der Waals surface area contributed by atoms with Gasteiger partial charge in [0.1, 0.15) is 0 Å². The maximum Gasteiger partial charge on any atom is 0.230 e. The number of nitrogens with one attached hydrogen (secondary N) is 1. The Hall–Kier alpha value is -1.40. The van der Waals surface area contributed by atoms with E-state index in [9.17, 15) is 4.79 Å². The van der Waals surface area contributed by atoms with Gasteiger partial charge in [0.05, 0.1) is 31.4 Å². The number of amides is 1. The maximum absolute atomic E-state index is 11.9. The lowest BCUT2D eigenvalue weighted by Gasteiger charge is -2.24. The summed E-state index contributed by atoms with van der Waals surface area (Å²) in [7, 11) is 0. The third-order valence-corrected chi connectivity index (χ3v) is 2.95. The summed E-state index contributed by atoms with van der Waals surface area (Å²) in [6.45, 7) is 2.91. The Bertz CT molecular complexity index is 365. The van der Waals surface area contributed by atoms with E-state index in [1.54, 1.807) is 13.0 Å². The summed E-state index contributed by atoms with van der Waals surface area (Å²) in [6, 6.07) is 1.44. The highest BCUT2D eigenvalue weighted by molar-refractivity contribution is 5.83. The molecule has 0 saturated carbocycles. The molecule has 1 aromatic rings. The van der Waals surface area contributed by atoms with Gasteiger partial charge in [-0.05, 0) is 6.92 Å². The van der Waals surface area contributed by atoms with Crippen LogP contribution in [0, 0.1) is 5.41 Å². The molecule has 0 radical (unpaired) electrons. The zero-order chi connectivity index (χ0) is 11.6. The van der Waals surface area contributed by atoms with Crippen molar-refractivity contribution in [1.82, 2.24) is 10.5 Å². The van der Waals surface area contributed by atoms with Gasteiger partial charge in [0.25, 0.3) is 0 Å². The topological polar surface area (TPSA) is 90.4 Å².